The minimum atomic E-state index is -0.789. The second-order valence-electron chi connectivity index (χ2n) is 1.97. The molecule has 1 aliphatic rings. The summed E-state index contributed by atoms with van der Waals surface area (Å²) in [4.78, 5) is 10.2. The van der Waals surface area contributed by atoms with E-state index in [0.29, 0.717) is 6.29 Å². The maximum atomic E-state index is 10.2. The van der Waals surface area contributed by atoms with Crippen LogP contribution in [-0.4, -0.2) is 59.8 Å². The van der Waals surface area contributed by atoms with E-state index in [1.54, 1.807) is 0 Å². The monoisotopic (exact) mass is 339 g/mol. The van der Waals surface area contributed by atoms with Crippen molar-refractivity contribution in [3.05, 3.63) is 0 Å². The number of aliphatic hydroxyl groups is 1. The van der Waals surface area contributed by atoms with Crippen molar-refractivity contribution < 1.29 is 19.4 Å². The van der Waals surface area contributed by atoms with Crippen LogP contribution in [0.3, 0.4) is 0 Å². The molecule has 1 aliphatic heterocycles. The summed E-state index contributed by atoms with van der Waals surface area (Å²) in [6.07, 6.45) is -0.864. The number of hydrogen-bond acceptors (Lipinski definition) is 4. The molecule has 3 radical (unpaired) electrons. The molecular formula is C5H7O4Pb. The van der Waals surface area contributed by atoms with E-state index < -0.39 is 12.2 Å². The first kappa shape index (κ1) is 8.57. The Hall–Kier alpha value is 0.472. The standard InChI is InChI=1S/C5H7O4.Pb/c6-1-5-4(7)2-8-3-9-5;/h1,3-5,7H,2H2;. The Morgan fingerprint density at radius 3 is 2.90 bits per heavy atom. The topological polar surface area (TPSA) is 55.8 Å². The van der Waals surface area contributed by atoms with Crippen LogP contribution in [0, 0.1) is 0 Å². The number of rotatable bonds is 1. The molecule has 4 nitrogen and oxygen atoms in total. The zero-order valence-electron chi connectivity index (χ0n) is 5.19. The van der Waals surface area contributed by atoms with Crippen molar-refractivity contribution in [2.24, 2.45) is 0 Å². The number of ether oxygens (including phenoxy) is 2. The van der Waals surface area contributed by atoms with E-state index in [-0.39, 0.29) is 10.5 Å². The molecule has 0 aromatic heterocycles. The molecule has 0 saturated carbocycles. The Morgan fingerprint density at radius 1 is 1.70 bits per heavy atom. The number of hydrogen-bond donors (Lipinski definition) is 1. The number of carbonyl (C=O) groups excluding carboxylic acids is 1. The third-order valence-corrected chi connectivity index (χ3v) is 2.39. The molecule has 55 valence electrons. The van der Waals surface area contributed by atoms with Gasteiger partial charge >= 0.3 is 74.1 Å². The van der Waals surface area contributed by atoms with Gasteiger partial charge < -0.3 is 0 Å². The predicted octanol–water partition coefficient (Wildman–Crippen LogP) is -1.59. The summed E-state index contributed by atoms with van der Waals surface area (Å²) in [5, 5.41) is 9.02. The van der Waals surface area contributed by atoms with Crippen LogP contribution in [0.2, 0.25) is 0 Å². The molecule has 1 rings (SSSR count). The van der Waals surface area contributed by atoms with Crippen LogP contribution in [0.25, 0.3) is 0 Å². The molecule has 0 aromatic rings. The van der Waals surface area contributed by atoms with Crippen LogP contribution in [0.1, 0.15) is 0 Å². The van der Waals surface area contributed by atoms with Crippen LogP contribution in [0.4, 0.5) is 0 Å². The molecule has 0 aliphatic carbocycles. The average molecular weight is 338 g/mol. The molecule has 5 heteroatoms. The Kier molecular flexibility index (Phi) is 3.21. The maximum absolute atomic E-state index is 10.2. The molecule has 0 amide bonds. The molecule has 1 fully saturated rings. The fourth-order valence-electron chi connectivity index (χ4n) is 0.676. The average Bonchev–Trinajstić information content (AvgIpc) is 1.94. The summed E-state index contributed by atoms with van der Waals surface area (Å²) in [7, 11) is 0. The van der Waals surface area contributed by atoms with Crippen molar-refractivity contribution in [2.45, 2.75) is 16.1 Å². The molecule has 1 saturated heterocycles. The number of aliphatic hydroxyl groups excluding tert-OH is 1. The summed E-state index contributed by atoms with van der Waals surface area (Å²) >= 11 is 0.720. The number of carbonyl (C=O) groups is 1. The fourth-order valence-corrected chi connectivity index (χ4v) is 1.66. The van der Waals surface area contributed by atoms with E-state index in [0.717, 1.165) is 25.8 Å². The van der Waals surface area contributed by atoms with Crippen molar-refractivity contribution in [1.29, 1.82) is 0 Å². The summed E-state index contributed by atoms with van der Waals surface area (Å²) in [5.74, 6) is 0. The first-order valence-electron chi connectivity index (χ1n) is 2.85. The van der Waals surface area contributed by atoms with Gasteiger partial charge in [-0.05, 0) is 0 Å². The van der Waals surface area contributed by atoms with E-state index in [9.17, 15) is 4.79 Å². The van der Waals surface area contributed by atoms with Gasteiger partial charge in [-0.2, -0.15) is 0 Å². The van der Waals surface area contributed by atoms with Gasteiger partial charge in [0.25, 0.3) is 0 Å². The Labute approximate surface area is 74.2 Å². The van der Waals surface area contributed by atoms with Crippen molar-refractivity contribution >= 4 is 32.1 Å². The van der Waals surface area contributed by atoms with E-state index in [1.807, 2.05) is 0 Å². The fraction of sp³-hybridized carbons (Fsp3) is 0.800. The molecule has 0 bridgehead atoms. The predicted molar refractivity (Wildman–Crippen MR) is 32.4 cm³/mol. The van der Waals surface area contributed by atoms with Gasteiger partial charge in [-0.25, -0.2) is 0 Å². The van der Waals surface area contributed by atoms with Crippen LogP contribution in [-0.2, 0) is 14.3 Å². The van der Waals surface area contributed by atoms with Crippen LogP contribution in [0.5, 0.6) is 0 Å². The third-order valence-electron chi connectivity index (χ3n) is 1.21. The minimum absolute atomic E-state index is 0.206. The second kappa shape index (κ2) is 3.75. The molecule has 0 aromatic carbocycles. The van der Waals surface area contributed by atoms with Crippen LogP contribution in [0.15, 0.2) is 0 Å². The summed E-state index contributed by atoms with van der Waals surface area (Å²) in [5.41, 5.74) is 0. The summed E-state index contributed by atoms with van der Waals surface area (Å²) in [6.45, 7) is 0.206. The van der Waals surface area contributed by atoms with Crippen molar-refractivity contribution in [2.75, 3.05) is 6.61 Å². The van der Waals surface area contributed by atoms with E-state index in [2.05, 4.69) is 0 Å². The van der Waals surface area contributed by atoms with Crippen molar-refractivity contribution in [3.8, 4) is 0 Å². The summed E-state index contributed by atoms with van der Waals surface area (Å²) < 4.78 is 9.67. The van der Waals surface area contributed by atoms with Crippen LogP contribution < -0.4 is 0 Å². The van der Waals surface area contributed by atoms with Crippen molar-refractivity contribution in [1.82, 2.24) is 0 Å². The van der Waals surface area contributed by atoms with Gasteiger partial charge in [-0.1, -0.05) is 0 Å². The quantitative estimate of drug-likeness (QED) is 0.463. The van der Waals surface area contributed by atoms with Gasteiger partial charge in [0.2, 0.25) is 0 Å². The first-order valence-corrected chi connectivity index (χ1v) is 5.10. The SMILES string of the molecule is O=CC1O[CH]([Pb])OCC1O. The van der Waals surface area contributed by atoms with Gasteiger partial charge in [0, 0.05) is 0 Å². The molecule has 1 N–H and O–H groups in total. The molecular weight excluding hydrogens is 331 g/mol. The summed E-state index contributed by atoms with van der Waals surface area (Å²) in [6, 6.07) is 0. The van der Waals surface area contributed by atoms with E-state index in [4.69, 9.17) is 14.6 Å². The molecule has 0 spiro atoms. The van der Waals surface area contributed by atoms with Crippen LogP contribution >= 0.6 is 0 Å². The van der Waals surface area contributed by atoms with Gasteiger partial charge in [0.15, 0.2) is 0 Å². The molecule has 10 heavy (non-hydrogen) atoms. The van der Waals surface area contributed by atoms with Gasteiger partial charge in [0.05, 0.1) is 0 Å². The second-order valence-corrected chi connectivity index (χ2v) is 3.80. The van der Waals surface area contributed by atoms with Gasteiger partial charge in [-0.3, -0.25) is 0 Å². The first-order chi connectivity index (χ1) is 4.74. The molecule has 3 unspecified atom stereocenters. The Bertz CT molecular complexity index is 129. The van der Waals surface area contributed by atoms with Crippen molar-refractivity contribution in [3.63, 3.8) is 0 Å². The Balaban J connectivity index is 2.45. The zero-order chi connectivity index (χ0) is 7.56. The van der Waals surface area contributed by atoms with E-state index >= 15 is 0 Å². The molecule has 1 heterocycles. The van der Waals surface area contributed by atoms with Gasteiger partial charge in [0.1, 0.15) is 0 Å². The zero-order valence-corrected chi connectivity index (χ0v) is 9.08. The van der Waals surface area contributed by atoms with Gasteiger partial charge in [-0.15, -0.1) is 0 Å². The molecule has 3 atom stereocenters. The normalized spacial score (nSPS) is 41.2. The Morgan fingerprint density at radius 2 is 2.40 bits per heavy atom. The third kappa shape index (κ3) is 1.98. The number of aldehydes is 1. The van der Waals surface area contributed by atoms with E-state index in [1.165, 1.54) is 0 Å².